The summed E-state index contributed by atoms with van der Waals surface area (Å²) >= 11 is 1.40. The van der Waals surface area contributed by atoms with Crippen LogP contribution in [0.2, 0.25) is 0 Å². The zero-order chi connectivity index (χ0) is 18.0. The number of Topliss-reactive ketones (excluding diaryl/α,β-unsaturated/α-hetero) is 1. The van der Waals surface area contributed by atoms with Gasteiger partial charge in [-0.15, -0.1) is 16.4 Å². The van der Waals surface area contributed by atoms with Gasteiger partial charge in [0.05, 0.1) is 16.0 Å². The summed E-state index contributed by atoms with van der Waals surface area (Å²) in [4.78, 5) is 29.4. The Hall–Kier alpha value is -2.94. The number of fused-ring (bicyclic) bond motifs is 1. The van der Waals surface area contributed by atoms with Gasteiger partial charge in [0, 0.05) is 20.1 Å². The lowest BCUT2D eigenvalue weighted by Gasteiger charge is -2.13. The molecule has 0 atom stereocenters. The van der Waals surface area contributed by atoms with Crippen LogP contribution in [-0.2, 0) is 0 Å². The lowest BCUT2D eigenvalue weighted by Crippen LogP contribution is -2.30. The van der Waals surface area contributed by atoms with Crippen molar-refractivity contribution in [3.63, 3.8) is 0 Å². The molecule has 3 heterocycles. The van der Waals surface area contributed by atoms with Crippen molar-refractivity contribution < 1.29 is 14.7 Å². The van der Waals surface area contributed by atoms with Gasteiger partial charge < -0.3 is 15.3 Å². The maximum atomic E-state index is 11.5. The number of hydrogen-bond donors (Lipinski definition) is 2. The number of likely N-dealkylation sites (N-methyl/N-ethyl adjacent to an activating group) is 1. The highest BCUT2D eigenvalue weighted by Gasteiger charge is 2.12. The minimum atomic E-state index is -0.971. The van der Waals surface area contributed by atoms with Gasteiger partial charge in [0.1, 0.15) is 11.5 Å². The van der Waals surface area contributed by atoms with Crippen LogP contribution in [-0.4, -0.2) is 56.6 Å². The number of aromatic nitrogens is 3. The Kier molecular flexibility index (Phi) is 4.66. The monoisotopic (exact) mass is 359 g/mol. The van der Waals surface area contributed by atoms with Crippen molar-refractivity contribution in [2.75, 3.05) is 25.5 Å². The van der Waals surface area contributed by atoms with Crippen LogP contribution >= 0.6 is 11.3 Å². The number of imidazole rings is 1. The Morgan fingerprint density at radius 2 is 2.12 bits per heavy atom. The van der Waals surface area contributed by atoms with Crippen molar-refractivity contribution in [1.29, 1.82) is 0 Å². The molecule has 9 heteroatoms. The molecule has 3 rings (SSSR count). The Morgan fingerprint density at radius 3 is 2.80 bits per heavy atom. The Morgan fingerprint density at radius 1 is 1.32 bits per heavy atom. The molecule has 2 N–H and O–H groups in total. The molecule has 0 spiro atoms. The fraction of sp³-hybridized carbons (Fsp3) is 0.250. The number of anilines is 1. The quantitative estimate of drug-likeness (QED) is 0.657. The Balaban J connectivity index is 1.81. The van der Waals surface area contributed by atoms with Crippen molar-refractivity contribution in [3.8, 4) is 10.6 Å². The first-order chi connectivity index (χ1) is 12.0. The molecule has 0 aliphatic carbocycles. The highest BCUT2D eigenvalue weighted by molar-refractivity contribution is 7.17. The second-order valence-electron chi connectivity index (χ2n) is 5.48. The maximum absolute atomic E-state index is 11.5. The summed E-state index contributed by atoms with van der Waals surface area (Å²) in [6, 6.07) is 7.31. The number of thiophene rings is 1. The molecule has 0 bridgehead atoms. The van der Waals surface area contributed by atoms with E-state index in [9.17, 15) is 9.59 Å². The molecule has 0 aliphatic rings. The van der Waals surface area contributed by atoms with Crippen molar-refractivity contribution in [3.05, 3.63) is 35.3 Å². The lowest BCUT2D eigenvalue weighted by atomic mass is 10.3. The van der Waals surface area contributed by atoms with E-state index in [2.05, 4.69) is 15.4 Å². The van der Waals surface area contributed by atoms with Gasteiger partial charge >= 0.3 is 6.09 Å². The molecule has 8 nitrogen and oxygen atoms in total. The van der Waals surface area contributed by atoms with E-state index in [1.165, 1.54) is 23.3 Å². The van der Waals surface area contributed by atoms with Gasteiger partial charge in [-0.3, -0.25) is 4.79 Å². The normalized spacial score (nSPS) is 10.8. The topological polar surface area (TPSA) is 99.8 Å². The zero-order valence-corrected chi connectivity index (χ0v) is 14.6. The third-order valence-electron chi connectivity index (χ3n) is 3.65. The molecule has 0 aliphatic heterocycles. The number of carboxylic acid groups (broad SMARTS) is 1. The highest BCUT2D eigenvalue weighted by atomic mass is 32.1. The van der Waals surface area contributed by atoms with Crippen molar-refractivity contribution >= 4 is 34.7 Å². The zero-order valence-electron chi connectivity index (χ0n) is 13.8. The number of carbonyl (C=O) groups is 2. The van der Waals surface area contributed by atoms with Crippen LogP contribution in [0, 0.1) is 0 Å². The first-order valence-electron chi connectivity index (χ1n) is 7.59. The van der Waals surface area contributed by atoms with E-state index in [0.29, 0.717) is 29.4 Å². The van der Waals surface area contributed by atoms with E-state index in [1.807, 2.05) is 12.1 Å². The van der Waals surface area contributed by atoms with Crippen LogP contribution in [0.15, 0.2) is 30.5 Å². The minimum absolute atomic E-state index is 0.0305. The molecule has 3 aromatic heterocycles. The third kappa shape index (κ3) is 3.61. The molecule has 0 fully saturated rings. The van der Waals surface area contributed by atoms with E-state index in [-0.39, 0.29) is 5.78 Å². The van der Waals surface area contributed by atoms with Crippen LogP contribution in [0.4, 0.5) is 10.6 Å². The molecule has 1 amide bonds. The average molecular weight is 359 g/mol. The molecule has 130 valence electrons. The van der Waals surface area contributed by atoms with E-state index in [0.717, 1.165) is 10.6 Å². The molecule has 0 radical (unpaired) electrons. The molecule has 0 aromatic carbocycles. The van der Waals surface area contributed by atoms with Crippen LogP contribution in [0.3, 0.4) is 0 Å². The molecule has 25 heavy (non-hydrogen) atoms. The predicted molar refractivity (Wildman–Crippen MR) is 95.4 cm³/mol. The van der Waals surface area contributed by atoms with Crippen molar-refractivity contribution in [1.82, 2.24) is 19.5 Å². The number of rotatable bonds is 6. The summed E-state index contributed by atoms with van der Waals surface area (Å²) in [5.41, 5.74) is 1.50. The SMILES string of the molecule is CC(=O)c1ccc(-c2cnc3ccc(NCCN(C)C(=O)O)nn23)s1. The van der Waals surface area contributed by atoms with Gasteiger partial charge in [0.25, 0.3) is 0 Å². The number of ketones is 1. The lowest BCUT2D eigenvalue weighted by molar-refractivity contribution is 0.102. The standard InChI is InChI=1S/C16H17N5O3S/c1-10(22)12-3-4-13(25-12)11-9-18-15-6-5-14(19-21(11)15)17-7-8-20(2)16(23)24/h3-6,9H,7-8H2,1-2H3,(H,17,19)(H,23,24). The van der Waals surface area contributed by atoms with Gasteiger partial charge in [0.15, 0.2) is 11.4 Å². The summed E-state index contributed by atoms with van der Waals surface area (Å²) in [5.74, 6) is 0.650. The van der Waals surface area contributed by atoms with Crippen molar-refractivity contribution in [2.45, 2.75) is 6.92 Å². The largest absolute Gasteiger partial charge is 0.465 e. The van der Waals surface area contributed by atoms with Crippen molar-refractivity contribution in [2.24, 2.45) is 0 Å². The van der Waals surface area contributed by atoms with Gasteiger partial charge in [-0.25, -0.2) is 14.3 Å². The van der Waals surface area contributed by atoms with Gasteiger partial charge in [-0.1, -0.05) is 0 Å². The fourth-order valence-corrected chi connectivity index (χ4v) is 3.14. The molecule has 0 unspecified atom stereocenters. The number of nitrogens with one attached hydrogen (secondary N) is 1. The van der Waals surface area contributed by atoms with Gasteiger partial charge in [-0.2, -0.15) is 0 Å². The molecular formula is C16H17N5O3S. The summed E-state index contributed by atoms with van der Waals surface area (Å²) in [5, 5.41) is 16.4. The maximum Gasteiger partial charge on any atom is 0.407 e. The summed E-state index contributed by atoms with van der Waals surface area (Å²) in [6.45, 7) is 2.33. The molecular weight excluding hydrogens is 342 g/mol. The first-order valence-corrected chi connectivity index (χ1v) is 8.41. The van der Waals surface area contributed by atoms with E-state index in [1.54, 1.807) is 29.8 Å². The van der Waals surface area contributed by atoms with E-state index in [4.69, 9.17) is 5.11 Å². The fourth-order valence-electron chi connectivity index (χ4n) is 2.25. The molecule has 0 saturated carbocycles. The van der Waals surface area contributed by atoms with Crippen LogP contribution in [0.25, 0.3) is 16.2 Å². The number of carbonyl (C=O) groups excluding carboxylic acids is 1. The predicted octanol–water partition coefficient (Wildman–Crippen LogP) is 2.68. The number of amides is 1. The molecule has 3 aromatic rings. The third-order valence-corrected chi connectivity index (χ3v) is 4.86. The van der Waals surface area contributed by atoms with E-state index < -0.39 is 6.09 Å². The van der Waals surface area contributed by atoms with Gasteiger partial charge in [0.2, 0.25) is 0 Å². The Labute approximate surface area is 147 Å². The van der Waals surface area contributed by atoms with Crippen LogP contribution in [0.5, 0.6) is 0 Å². The number of hydrogen-bond acceptors (Lipinski definition) is 6. The smallest absolute Gasteiger partial charge is 0.407 e. The minimum Gasteiger partial charge on any atom is -0.465 e. The molecule has 0 saturated heterocycles. The average Bonchev–Trinajstić information content (AvgIpc) is 3.20. The number of nitrogens with zero attached hydrogens (tertiary/aromatic N) is 4. The summed E-state index contributed by atoms with van der Waals surface area (Å²) < 4.78 is 1.71. The van der Waals surface area contributed by atoms with Gasteiger partial charge in [-0.05, 0) is 31.2 Å². The second-order valence-corrected chi connectivity index (χ2v) is 6.57. The van der Waals surface area contributed by atoms with Crippen LogP contribution < -0.4 is 5.32 Å². The highest BCUT2D eigenvalue weighted by Crippen LogP contribution is 2.28. The Bertz CT molecular complexity index is 933. The van der Waals surface area contributed by atoms with E-state index >= 15 is 0 Å². The summed E-state index contributed by atoms with van der Waals surface area (Å²) in [6.07, 6.45) is 0.751. The second kappa shape index (κ2) is 6.89. The summed E-state index contributed by atoms with van der Waals surface area (Å²) in [7, 11) is 1.51. The first kappa shape index (κ1) is 16.9. The van der Waals surface area contributed by atoms with Crippen LogP contribution in [0.1, 0.15) is 16.6 Å².